The zero-order valence-corrected chi connectivity index (χ0v) is 20.8. The molecule has 8 heteroatoms. The van der Waals surface area contributed by atoms with Crippen LogP contribution >= 0.6 is 11.3 Å². The Labute approximate surface area is 210 Å². The summed E-state index contributed by atoms with van der Waals surface area (Å²) < 4.78 is 13.2. The lowest BCUT2D eigenvalue weighted by atomic mass is 9.90. The van der Waals surface area contributed by atoms with Crippen molar-refractivity contribution in [2.75, 3.05) is 13.7 Å². The number of hydrogen-bond acceptors (Lipinski definition) is 7. The number of carbonyl (C=O) groups is 1. The molecule has 1 aliphatic rings. The fraction of sp³-hybridized carbons (Fsp3) is 0.179. The van der Waals surface area contributed by atoms with E-state index in [-0.39, 0.29) is 17.9 Å². The monoisotopic (exact) mass is 500 g/mol. The number of nitrogens with zero attached hydrogens (tertiary/aromatic N) is 2. The van der Waals surface area contributed by atoms with Gasteiger partial charge in [-0.25, -0.2) is 9.79 Å². The van der Waals surface area contributed by atoms with E-state index in [1.807, 2.05) is 36.4 Å². The van der Waals surface area contributed by atoms with Crippen LogP contribution in [0.1, 0.15) is 31.0 Å². The Morgan fingerprint density at radius 2 is 1.89 bits per heavy atom. The van der Waals surface area contributed by atoms with Crippen LogP contribution in [-0.2, 0) is 9.53 Å². The van der Waals surface area contributed by atoms with Crippen LogP contribution in [0.15, 0.2) is 81.7 Å². The summed E-state index contributed by atoms with van der Waals surface area (Å²) in [5.41, 5.74) is 1.98. The van der Waals surface area contributed by atoms with Crippen molar-refractivity contribution in [2.24, 2.45) is 4.99 Å². The third-order valence-corrected chi connectivity index (χ3v) is 7.11. The number of aromatic nitrogens is 1. The minimum Gasteiger partial charge on any atom is -0.508 e. The zero-order valence-electron chi connectivity index (χ0n) is 20.0. The summed E-state index contributed by atoms with van der Waals surface area (Å²) in [5, 5.41) is 11.4. The summed E-state index contributed by atoms with van der Waals surface area (Å²) in [4.78, 5) is 32.2. The summed E-state index contributed by atoms with van der Waals surface area (Å²) in [6.07, 6.45) is 1.75. The largest absolute Gasteiger partial charge is 0.508 e. The van der Waals surface area contributed by atoms with Gasteiger partial charge in [0.2, 0.25) is 0 Å². The van der Waals surface area contributed by atoms with Crippen LogP contribution in [0.2, 0.25) is 0 Å². The average Bonchev–Trinajstić information content (AvgIpc) is 3.18. The van der Waals surface area contributed by atoms with Gasteiger partial charge in [0.1, 0.15) is 17.5 Å². The van der Waals surface area contributed by atoms with Crippen molar-refractivity contribution in [1.29, 1.82) is 0 Å². The van der Waals surface area contributed by atoms with Crippen molar-refractivity contribution >= 4 is 34.2 Å². The molecular formula is C28H24N2O5S. The van der Waals surface area contributed by atoms with Crippen molar-refractivity contribution in [3.63, 3.8) is 0 Å². The molecule has 182 valence electrons. The lowest BCUT2D eigenvalue weighted by Gasteiger charge is -2.27. The van der Waals surface area contributed by atoms with Crippen molar-refractivity contribution in [1.82, 2.24) is 4.57 Å². The standard InChI is InChI=1S/C28H24N2O5S/c1-4-35-27(33)23-16(2)29-28-30(26(32)22(36-28)15-17-9-12-19(31)13-10-17)25(23)24-20-8-6-5-7-18(20)11-14-21(24)34-3/h5-15,25,31H,4H2,1-3H3/b22-15+/t25-/m1/s1. The Morgan fingerprint density at radius 3 is 2.61 bits per heavy atom. The molecule has 1 atom stereocenters. The van der Waals surface area contributed by atoms with E-state index in [4.69, 9.17) is 9.47 Å². The molecule has 0 amide bonds. The van der Waals surface area contributed by atoms with Gasteiger partial charge in [0.15, 0.2) is 4.80 Å². The van der Waals surface area contributed by atoms with Crippen LogP contribution < -0.4 is 19.6 Å². The number of aromatic hydroxyl groups is 1. The number of hydrogen-bond donors (Lipinski definition) is 1. The molecule has 1 aliphatic heterocycles. The van der Waals surface area contributed by atoms with Crippen molar-refractivity contribution < 1.29 is 19.4 Å². The molecular weight excluding hydrogens is 476 g/mol. The number of phenols is 1. The number of phenolic OH excluding ortho intramolecular Hbond substituents is 1. The number of esters is 1. The normalized spacial score (nSPS) is 15.5. The van der Waals surface area contributed by atoms with E-state index < -0.39 is 12.0 Å². The zero-order chi connectivity index (χ0) is 25.4. The molecule has 2 heterocycles. The molecule has 0 saturated carbocycles. The van der Waals surface area contributed by atoms with E-state index in [1.54, 1.807) is 55.9 Å². The molecule has 3 aromatic carbocycles. The van der Waals surface area contributed by atoms with E-state index in [9.17, 15) is 14.7 Å². The topological polar surface area (TPSA) is 90.1 Å². The lowest BCUT2D eigenvalue weighted by molar-refractivity contribution is -0.139. The molecule has 1 aromatic heterocycles. The third kappa shape index (κ3) is 3.99. The van der Waals surface area contributed by atoms with Crippen LogP contribution in [0.25, 0.3) is 16.8 Å². The summed E-state index contributed by atoms with van der Waals surface area (Å²) in [7, 11) is 1.57. The maximum atomic E-state index is 13.9. The Balaban J connectivity index is 1.84. The van der Waals surface area contributed by atoms with Gasteiger partial charge >= 0.3 is 5.97 Å². The number of methoxy groups -OCH3 is 1. The number of allylic oxidation sites excluding steroid dienone is 1. The minimum atomic E-state index is -0.789. The van der Waals surface area contributed by atoms with Gasteiger partial charge in [0.25, 0.3) is 5.56 Å². The van der Waals surface area contributed by atoms with E-state index in [1.165, 1.54) is 11.3 Å². The van der Waals surface area contributed by atoms with Gasteiger partial charge in [-0.05, 0) is 54.5 Å². The quantitative estimate of drug-likeness (QED) is 0.423. The first-order chi connectivity index (χ1) is 17.4. The van der Waals surface area contributed by atoms with Gasteiger partial charge in [-0.1, -0.05) is 53.8 Å². The fourth-order valence-electron chi connectivity index (χ4n) is 4.52. The second-order valence-corrected chi connectivity index (χ2v) is 9.31. The van der Waals surface area contributed by atoms with Gasteiger partial charge in [0, 0.05) is 5.56 Å². The first-order valence-corrected chi connectivity index (χ1v) is 12.3. The Hall–Kier alpha value is -4.17. The van der Waals surface area contributed by atoms with E-state index in [0.717, 1.165) is 16.3 Å². The third-order valence-electron chi connectivity index (χ3n) is 6.13. The molecule has 0 saturated heterocycles. The molecule has 0 radical (unpaired) electrons. The number of fused-ring (bicyclic) bond motifs is 2. The highest BCUT2D eigenvalue weighted by molar-refractivity contribution is 7.07. The van der Waals surface area contributed by atoms with Crippen LogP contribution in [0.3, 0.4) is 0 Å². The molecule has 0 aliphatic carbocycles. The molecule has 0 unspecified atom stereocenters. The first-order valence-electron chi connectivity index (χ1n) is 11.5. The maximum Gasteiger partial charge on any atom is 0.338 e. The van der Waals surface area contributed by atoms with E-state index in [2.05, 4.69) is 4.99 Å². The highest BCUT2D eigenvalue weighted by Crippen LogP contribution is 2.40. The molecule has 36 heavy (non-hydrogen) atoms. The predicted octanol–water partition coefficient (Wildman–Crippen LogP) is 3.67. The second-order valence-electron chi connectivity index (χ2n) is 8.30. The lowest BCUT2D eigenvalue weighted by Crippen LogP contribution is -2.40. The van der Waals surface area contributed by atoms with E-state index >= 15 is 0 Å². The molecule has 7 nitrogen and oxygen atoms in total. The fourth-order valence-corrected chi connectivity index (χ4v) is 5.57. The predicted molar refractivity (Wildman–Crippen MR) is 139 cm³/mol. The Bertz CT molecular complexity index is 1700. The van der Waals surface area contributed by atoms with Crippen LogP contribution in [-0.4, -0.2) is 29.4 Å². The minimum absolute atomic E-state index is 0.145. The number of thiazole rings is 1. The van der Waals surface area contributed by atoms with Gasteiger partial charge in [0.05, 0.1) is 29.5 Å². The summed E-state index contributed by atoms with van der Waals surface area (Å²) in [6, 6.07) is 17.4. The number of carbonyl (C=O) groups excluding carboxylic acids is 1. The second kappa shape index (κ2) is 9.47. The molecule has 0 bridgehead atoms. The Morgan fingerprint density at radius 1 is 1.14 bits per heavy atom. The molecule has 4 aromatic rings. The summed E-state index contributed by atoms with van der Waals surface area (Å²) in [6.45, 7) is 3.70. The number of ether oxygens (including phenoxy) is 2. The maximum absolute atomic E-state index is 13.9. The van der Waals surface area contributed by atoms with Crippen LogP contribution in [0.5, 0.6) is 11.5 Å². The molecule has 0 spiro atoms. The van der Waals surface area contributed by atoms with Gasteiger partial charge in [-0.15, -0.1) is 0 Å². The van der Waals surface area contributed by atoms with Crippen LogP contribution in [0, 0.1) is 0 Å². The summed E-state index contributed by atoms with van der Waals surface area (Å²) >= 11 is 1.25. The van der Waals surface area contributed by atoms with E-state index in [0.29, 0.717) is 31.9 Å². The van der Waals surface area contributed by atoms with Crippen molar-refractivity contribution in [3.8, 4) is 11.5 Å². The molecule has 0 fully saturated rings. The number of benzene rings is 3. The molecule has 5 rings (SSSR count). The Kier molecular flexibility index (Phi) is 6.20. The summed E-state index contributed by atoms with van der Waals surface area (Å²) in [5.74, 6) is 0.182. The van der Waals surface area contributed by atoms with Gasteiger partial charge in [-0.2, -0.15) is 0 Å². The SMILES string of the molecule is CCOC(=O)C1=C(C)N=c2s/c(=C/c3ccc(O)cc3)c(=O)n2[C@H]1c1c(OC)ccc2ccccc12. The average molecular weight is 501 g/mol. The highest BCUT2D eigenvalue weighted by Gasteiger charge is 2.36. The smallest absolute Gasteiger partial charge is 0.338 e. The van der Waals surface area contributed by atoms with Crippen LogP contribution in [0.4, 0.5) is 0 Å². The highest BCUT2D eigenvalue weighted by atomic mass is 32.1. The number of rotatable bonds is 5. The molecule has 1 N–H and O–H groups in total. The van der Waals surface area contributed by atoms with Crippen molar-refractivity contribution in [3.05, 3.63) is 103 Å². The van der Waals surface area contributed by atoms with Gasteiger partial charge in [-0.3, -0.25) is 9.36 Å². The van der Waals surface area contributed by atoms with Gasteiger partial charge < -0.3 is 14.6 Å². The van der Waals surface area contributed by atoms with Crippen molar-refractivity contribution in [2.45, 2.75) is 19.9 Å². The first kappa shape index (κ1) is 23.6.